The molecular weight excluding hydrogens is 293 g/mol. The zero-order valence-corrected chi connectivity index (χ0v) is 12.5. The van der Waals surface area contributed by atoms with Gasteiger partial charge in [0.1, 0.15) is 23.9 Å². The van der Waals surface area contributed by atoms with Crippen LogP contribution < -0.4 is 5.32 Å². The van der Waals surface area contributed by atoms with Crippen LogP contribution in [-0.2, 0) is 4.74 Å². The Morgan fingerprint density at radius 1 is 1.55 bits per heavy atom. The van der Waals surface area contributed by atoms with Gasteiger partial charge in [-0.3, -0.25) is 0 Å². The molecule has 120 valence electrons. The van der Waals surface area contributed by atoms with E-state index in [-0.39, 0.29) is 12.1 Å². The van der Waals surface area contributed by atoms with Crippen LogP contribution in [-0.4, -0.2) is 39.5 Å². The molecule has 0 fully saturated rings. The fraction of sp³-hybridized carbons (Fsp3) is 0.500. The number of halogens is 1. The highest BCUT2D eigenvalue weighted by molar-refractivity contribution is 5.67. The van der Waals surface area contributed by atoms with Crippen LogP contribution >= 0.6 is 0 Å². The highest BCUT2D eigenvalue weighted by atomic mass is 19.1. The van der Waals surface area contributed by atoms with Gasteiger partial charge in [-0.2, -0.15) is 5.26 Å². The molecular formula is C14H18FN3O4. The second-order valence-corrected chi connectivity index (χ2v) is 5.61. The number of hydrogen-bond donors (Lipinski definition) is 3. The summed E-state index contributed by atoms with van der Waals surface area (Å²) in [5.74, 6) is -0.897. The SMILES string of the molecule is CC(C)(C)OC(=O)NCC(O)C(O)c1cnc(C#N)c(F)c1. The van der Waals surface area contributed by atoms with Crippen LogP contribution in [0.5, 0.6) is 0 Å². The number of hydrogen-bond acceptors (Lipinski definition) is 6. The van der Waals surface area contributed by atoms with Crippen molar-refractivity contribution in [1.82, 2.24) is 10.3 Å². The van der Waals surface area contributed by atoms with Crippen LogP contribution in [0.15, 0.2) is 12.3 Å². The number of carbonyl (C=O) groups is 1. The van der Waals surface area contributed by atoms with Gasteiger partial charge >= 0.3 is 6.09 Å². The average Bonchev–Trinajstić information content (AvgIpc) is 2.42. The minimum Gasteiger partial charge on any atom is -0.444 e. The summed E-state index contributed by atoms with van der Waals surface area (Å²) in [4.78, 5) is 15.0. The quantitative estimate of drug-likeness (QED) is 0.764. The topological polar surface area (TPSA) is 115 Å². The van der Waals surface area contributed by atoms with E-state index in [9.17, 15) is 19.4 Å². The largest absolute Gasteiger partial charge is 0.444 e. The number of alkyl carbamates (subject to hydrolysis) is 1. The van der Waals surface area contributed by atoms with Crippen molar-refractivity contribution in [3.8, 4) is 6.07 Å². The second-order valence-electron chi connectivity index (χ2n) is 5.61. The maximum Gasteiger partial charge on any atom is 0.407 e. The van der Waals surface area contributed by atoms with Gasteiger partial charge in [-0.05, 0) is 26.8 Å². The van der Waals surface area contributed by atoms with E-state index in [1.807, 2.05) is 0 Å². The lowest BCUT2D eigenvalue weighted by Gasteiger charge is -2.22. The fourth-order valence-corrected chi connectivity index (χ4v) is 1.53. The van der Waals surface area contributed by atoms with Crippen molar-refractivity contribution in [2.75, 3.05) is 6.54 Å². The predicted molar refractivity (Wildman–Crippen MR) is 74.1 cm³/mol. The number of nitrogens with one attached hydrogen (secondary N) is 1. The Kier molecular flexibility index (Phi) is 5.79. The number of aromatic nitrogens is 1. The lowest BCUT2D eigenvalue weighted by molar-refractivity contribution is 0.0126. The third-order valence-electron chi connectivity index (χ3n) is 2.53. The molecule has 1 amide bonds. The van der Waals surface area contributed by atoms with Crippen LogP contribution in [0.1, 0.15) is 38.1 Å². The van der Waals surface area contributed by atoms with E-state index >= 15 is 0 Å². The smallest absolute Gasteiger partial charge is 0.407 e. The molecule has 2 unspecified atom stereocenters. The molecule has 0 saturated heterocycles. The summed E-state index contributed by atoms with van der Waals surface area (Å²) in [6.07, 6.45) is -2.52. The lowest BCUT2D eigenvalue weighted by Crippen LogP contribution is -2.38. The van der Waals surface area contributed by atoms with E-state index in [1.165, 1.54) is 0 Å². The Hall–Kier alpha value is -2.24. The average molecular weight is 311 g/mol. The van der Waals surface area contributed by atoms with Gasteiger partial charge in [0.15, 0.2) is 11.5 Å². The Morgan fingerprint density at radius 3 is 2.68 bits per heavy atom. The third kappa shape index (κ3) is 5.27. The van der Waals surface area contributed by atoms with E-state index in [1.54, 1.807) is 26.8 Å². The van der Waals surface area contributed by atoms with E-state index in [2.05, 4.69) is 10.3 Å². The minimum absolute atomic E-state index is 0.00464. The standard InChI is InChI=1S/C14H18FN3O4/c1-14(2,3)22-13(21)18-7-11(19)12(20)8-4-9(15)10(5-16)17-6-8/h4,6,11-12,19-20H,7H2,1-3H3,(H,18,21). The molecule has 1 heterocycles. The van der Waals surface area contributed by atoms with Crippen molar-refractivity contribution in [3.63, 3.8) is 0 Å². The van der Waals surface area contributed by atoms with Gasteiger partial charge in [0.25, 0.3) is 0 Å². The first kappa shape index (κ1) is 17.8. The molecule has 0 saturated carbocycles. The number of ether oxygens (including phenoxy) is 1. The highest BCUT2D eigenvalue weighted by Crippen LogP contribution is 2.18. The van der Waals surface area contributed by atoms with Crippen molar-refractivity contribution in [2.45, 2.75) is 38.6 Å². The first-order chi connectivity index (χ1) is 10.1. The molecule has 0 bridgehead atoms. The van der Waals surface area contributed by atoms with Gasteiger partial charge in [0.05, 0.1) is 0 Å². The van der Waals surface area contributed by atoms with Crippen LogP contribution in [0.4, 0.5) is 9.18 Å². The number of carbonyl (C=O) groups excluding carboxylic acids is 1. The van der Waals surface area contributed by atoms with Crippen molar-refractivity contribution in [1.29, 1.82) is 5.26 Å². The van der Waals surface area contributed by atoms with Crippen molar-refractivity contribution in [2.24, 2.45) is 0 Å². The molecule has 3 N–H and O–H groups in total. The number of nitriles is 1. The Balaban J connectivity index is 2.62. The van der Waals surface area contributed by atoms with Gasteiger partial charge in [0.2, 0.25) is 0 Å². The van der Waals surface area contributed by atoms with Crippen LogP contribution in [0.25, 0.3) is 0 Å². The first-order valence-electron chi connectivity index (χ1n) is 6.52. The summed E-state index contributed by atoms with van der Waals surface area (Å²) in [7, 11) is 0. The molecule has 0 aliphatic carbocycles. The van der Waals surface area contributed by atoms with Crippen molar-refractivity contribution < 1.29 is 24.1 Å². The molecule has 8 heteroatoms. The van der Waals surface area contributed by atoms with Gasteiger partial charge in [-0.15, -0.1) is 0 Å². The fourth-order valence-electron chi connectivity index (χ4n) is 1.53. The number of aliphatic hydroxyl groups is 2. The zero-order valence-electron chi connectivity index (χ0n) is 12.5. The molecule has 0 aliphatic heterocycles. The maximum absolute atomic E-state index is 13.4. The summed E-state index contributed by atoms with van der Waals surface area (Å²) >= 11 is 0. The van der Waals surface area contributed by atoms with Crippen molar-refractivity contribution >= 4 is 6.09 Å². The second kappa shape index (κ2) is 7.15. The minimum atomic E-state index is -1.47. The highest BCUT2D eigenvalue weighted by Gasteiger charge is 2.22. The van der Waals surface area contributed by atoms with Gasteiger partial charge in [-0.25, -0.2) is 14.2 Å². The molecule has 0 spiro atoms. The number of pyridine rings is 1. The molecule has 0 aliphatic rings. The van der Waals surface area contributed by atoms with E-state index in [0.29, 0.717) is 0 Å². The molecule has 2 atom stereocenters. The predicted octanol–water partition coefficient (Wildman–Crippen LogP) is 1.01. The number of aliphatic hydroxyl groups excluding tert-OH is 2. The summed E-state index contributed by atoms with van der Waals surface area (Å²) < 4.78 is 18.4. The summed E-state index contributed by atoms with van der Waals surface area (Å²) in [5.41, 5.74) is -1.10. The number of rotatable bonds is 4. The van der Waals surface area contributed by atoms with Crippen LogP contribution in [0, 0.1) is 17.1 Å². The third-order valence-corrected chi connectivity index (χ3v) is 2.53. The Morgan fingerprint density at radius 2 is 2.18 bits per heavy atom. The molecule has 1 aromatic rings. The normalized spacial score (nSPS) is 13.9. The van der Waals surface area contributed by atoms with Crippen LogP contribution in [0.2, 0.25) is 0 Å². The Labute approximate surface area is 127 Å². The molecule has 1 aromatic heterocycles. The molecule has 0 aromatic carbocycles. The summed E-state index contributed by atoms with van der Waals surface area (Å²) in [6.45, 7) is 4.76. The van der Waals surface area contributed by atoms with Gasteiger partial charge in [-0.1, -0.05) is 0 Å². The molecule has 0 radical (unpaired) electrons. The Bertz CT molecular complexity index is 580. The summed E-state index contributed by atoms with van der Waals surface area (Å²) in [6, 6.07) is 2.46. The van der Waals surface area contributed by atoms with Crippen molar-refractivity contribution in [3.05, 3.63) is 29.3 Å². The monoisotopic (exact) mass is 311 g/mol. The lowest BCUT2D eigenvalue weighted by atomic mass is 10.1. The van der Waals surface area contributed by atoms with E-state index in [4.69, 9.17) is 10.00 Å². The molecule has 22 heavy (non-hydrogen) atoms. The molecule has 7 nitrogen and oxygen atoms in total. The van der Waals surface area contributed by atoms with Gasteiger partial charge < -0.3 is 20.3 Å². The summed E-state index contributed by atoms with van der Waals surface area (Å²) in [5, 5.41) is 30.5. The molecule has 1 rings (SSSR count). The first-order valence-corrected chi connectivity index (χ1v) is 6.52. The number of nitrogens with zero attached hydrogens (tertiary/aromatic N) is 2. The number of amides is 1. The zero-order chi connectivity index (χ0) is 16.9. The maximum atomic E-state index is 13.4. The van der Waals surface area contributed by atoms with Gasteiger partial charge in [0, 0.05) is 18.3 Å². The van der Waals surface area contributed by atoms with E-state index in [0.717, 1.165) is 12.3 Å². The van der Waals surface area contributed by atoms with Crippen LogP contribution in [0.3, 0.4) is 0 Å². The van der Waals surface area contributed by atoms with E-state index < -0.39 is 35.4 Å².